The first-order valence-electron chi connectivity index (χ1n) is 7.50. The first-order chi connectivity index (χ1) is 10.4. The van der Waals surface area contributed by atoms with E-state index in [4.69, 9.17) is 0 Å². The van der Waals surface area contributed by atoms with E-state index in [0.717, 1.165) is 11.1 Å². The van der Waals surface area contributed by atoms with Crippen LogP contribution < -0.4 is 4.72 Å². The van der Waals surface area contributed by atoms with Crippen molar-refractivity contribution in [3.63, 3.8) is 0 Å². The summed E-state index contributed by atoms with van der Waals surface area (Å²) in [6.07, 6.45) is 2.10. The van der Waals surface area contributed by atoms with Crippen LogP contribution in [0.2, 0.25) is 0 Å². The molecule has 0 fully saturated rings. The molecule has 0 radical (unpaired) electrons. The largest absolute Gasteiger partial charge is 0.269 e. The van der Waals surface area contributed by atoms with Crippen LogP contribution in [-0.4, -0.2) is 18.2 Å². The van der Waals surface area contributed by atoms with Crippen molar-refractivity contribution in [3.05, 3.63) is 47.3 Å². The summed E-state index contributed by atoms with van der Waals surface area (Å²) in [4.78, 5) is 0.250. The molecule has 0 saturated carbocycles. The van der Waals surface area contributed by atoms with E-state index in [0.29, 0.717) is 18.7 Å². The standard InChI is InChI=1S/C16H23N3O2S/c1-5-15(14-9-7-12(3)8-10-14)18-22(20,21)16-11-17-19(6-2)13(16)4/h7-11,15,18H,5-6H2,1-4H3/t15-/m1/s1. The lowest BCUT2D eigenvalue weighted by Crippen LogP contribution is -2.28. The minimum Gasteiger partial charge on any atom is -0.269 e. The lowest BCUT2D eigenvalue weighted by Gasteiger charge is -2.17. The van der Waals surface area contributed by atoms with Crippen LogP contribution in [0.25, 0.3) is 0 Å². The van der Waals surface area contributed by atoms with Crippen molar-refractivity contribution in [2.75, 3.05) is 0 Å². The Bertz CT molecular complexity index is 733. The van der Waals surface area contributed by atoms with Crippen LogP contribution in [0.15, 0.2) is 35.4 Å². The third-order valence-electron chi connectivity index (χ3n) is 3.83. The molecule has 0 aliphatic heterocycles. The van der Waals surface area contributed by atoms with E-state index in [1.54, 1.807) is 11.6 Å². The maximum atomic E-state index is 12.6. The van der Waals surface area contributed by atoms with Gasteiger partial charge < -0.3 is 0 Å². The summed E-state index contributed by atoms with van der Waals surface area (Å²) >= 11 is 0. The predicted octanol–water partition coefficient (Wildman–Crippen LogP) is 2.95. The first kappa shape index (κ1) is 16.7. The molecule has 22 heavy (non-hydrogen) atoms. The number of sulfonamides is 1. The molecule has 0 spiro atoms. The maximum absolute atomic E-state index is 12.6. The van der Waals surface area contributed by atoms with E-state index in [2.05, 4.69) is 9.82 Å². The van der Waals surface area contributed by atoms with Gasteiger partial charge in [-0.1, -0.05) is 36.8 Å². The van der Waals surface area contributed by atoms with Crippen molar-refractivity contribution < 1.29 is 8.42 Å². The van der Waals surface area contributed by atoms with Crippen LogP contribution in [0.4, 0.5) is 0 Å². The summed E-state index contributed by atoms with van der Waals surface area (Å²) < 4.78 is 29.7. The van der Waals surface area contributed by atoms with Crippen LogP contribution in [-0.2, 0) is 16.6 Å². The van der Waals surface area contributed by atoms with Crippen LogP contribution >= 0.6 is 0 Å². The molecule has 5 nitrogen and oxygen atoms in total. The van der Waals surface area contributed by atoms with Gasteiger partial charge in [-0.2, -0.15) is 5.10 Å². The zero-order valence-electron chi connectivity index (χ0n) is 13.5. The van der Waals surface area contributed by atoms with Crippen LogP contribution in [0.1, 0.15) is 43.1 Å². The van der Waals surface area contributed by atoms with Crippen molar-refractivity contribution in [2.45, 2.75) is 51.6 Å². The van der Waals surface area contributed by atoms with Crippen molar-refractivity contribution in [2.24, 2.45) is 0 Å². The van der Waals surface area contributed by atoms with Gasteiger partial charge in [0.1, 0.15) is 4.90 Å². The molecule has 1 N–H and O–H groups in total. The van der Waals surface area contributed by atoms with Crippen LogP contribution in [0.5, 0.6) is 0 Å². The molecule has 0 saturated heterocycles. The first-order valence-corrected chi connectivity index (χ1v) is 8.98. The Hall–Kier alpha value is -1.66. The summed E-state index contributed by atoms with van der Waals surface area (Å²) in [6, 6.07) is 7.68. The smallest absolute Gasteiger partial charge is 0.244 e. The molecule has 0 bridgehead atoms. The van der Waals surface area contributed by atoms with E-state index in [-0.39, 0.29) is 10.9 Å². The topological polar surface area (TPSA) is 64.0 Å². The van der Waals surface area contributed by atoms with E-state index in [9.17, 15) is 8.42 Å². The molecule has 2 rings (SSSR count). The molecule has 0 aliphatic carbocycles. The molecule has 1 aromatic heterocycles. The summed E-state index contributed by atoms with van der Waals surface area (Å²) in [5.41, 5.74) is 2.78. The van der Waals surface area contributed by atoms with Crippen molar-refractivity contribution in [3.8, 4) is 0 Å². The number of rotatable bonds is 6. The van der Waals surface area contributed by atoms with Crippen molar-refractivity contribution in [1.29, 1.82) is 0 Å². The monoisotopic (exact) mass is 321 g/mol. The molecule has 1 atom stereocenters. The molecular weight excluding hydrogens is 298 g/mol. The Labute approximate surface area is 132 Å². The fourth-order valence-electron chi connectivity index (χ4n) is 2.45. The Morgan fingerprint density at radius 2 is 1.82 bits per heavy atom. The van der Waals surface area contributed by atoms with Gasteiger partial charge in [0.05, 0.1) is 11.9 Å². The maximum Gasteiger partial charge on any atom is 0.244 e. The third-order valence-corrected chi connectivity index (χ3v) is 5.41. The fraction of sp³-hybridized carbons (Fsp3) is 0.438. The molecule has 1 heterocycles. The SMILES string of the molecule is CC[C@@H](NS(=O)(=O)c1cnn(CC)c1C)c1ccc(C)cc1. The van der Waals surface area contributed by atoms with E-state index in [1.165, 1.54) is 6.20 Å². The Morgan fingerprint density at radius 3 is 2.32 bits per heavy atom. The normalized spacial score (nSPS) is 13.3. The minimum atomic E-state index is -3.58. The lowest BCUT2D eigenvalue weighted by molar-refractivity contribution is 0.548. The van der Waals surface area contributed by atoms with Gasteiger partial charge in [-0.3, -0.25) is 4.68 Å². The number of aromatic nitrogens is 2. The summed E-state index contributed by atoms with van der Waals surface area (Å²) in [5.74, 6) is 0. The molecule has 0 amide bonds. The van der Waals surface area contributed by atoms with Gasteiger partial charge in [-0.25, -0.2) is 13.1 Å². The summed E-state index contributed by atoms with van der Waals surface area (Å²) in [7, 11) is -3.58. The zero-order chi connectivity index (χ0) is 16.3. The second-order valence-corrected chi connectivity index (χ2v) is 7.09. The average molecular weight is 321 g/mol. The molecule has 0 unspecified atom stereocenters. The second-order valence-electron chi connectivity index (χ2n) is 5.40. The minimum absolute atomic E-state index is 0.241. The summed E-state index contributed by atoms with van der Waals surface area (Å²) in [6.45, 7) is 8.34. The highest BCUT2D eigenvalue weighted by Gasteiger charge is 2.24. The fourth-order valence-corrected chi connectivity index (χ4v) is 3.93. The quantitative estimate of drug-likeness (QED) is 0.889. The van der Waals surface area contributed by atoms with Crippen LogP contribution in [0.3, 0.4) is 0 Å². The van der Waals surface area contributed by atoms with Crippen LogP contribution in [0, 0.1) is 13.8 Å². The van der Waals surface area contributed by atoms with E-state index < -0.39 is 10.0 Å². The number of nitrogens with zero attached hydrogens (tertiary/aromatic N) is 2. The number of hydrogen-bond donors (Lipinski definition) is 1. The van der Waals surface area contributed by atoms with E-state index in [1.807, 2.05) is 45.0 Å². The second kappa shape index (κ2) is 6.62. The number of hydrogen-bond acceptors (Lipinski definition) is 3. The van der Waals surface area contributed by atoms with Gasteiger partial charge in [0.25, 0.3) is 0 Å². The van der Waals surface area contributed by atoms with Gasteiger partial charge in [-0.05, 0) is 32.8 Å². The number of benzene rings is 1. The summed E-state index contributed by atoms with van der Waals surface area (Å²) in [5, 5.41) is 4.12. The number of nitrogens with one attached hydrogen (secondary N) is 1. The predicted molar refractivity (Wildman–Crippen MR) is 87.2 cm³/mol. The van der Waals surface area contributed by atoms with Gasteiger partial charge in [0, 0.05) is 12.6 Å². The molecule has 6 heteroatoms. The Morgan fingerprint density at radius 1 is 1.18 bits per heavy atom. The Kier molecular flexibility index (Phi) is 5.03. The van der Waals surface area contributed by atoms with E-state index >= 15 is 0 Å². The number of aryl methyl sites for hydroxylation is 2. The third kappa shape index (κ3) is 3.39. The molecule has 2 aromatic rings. The lowest BCUT2D eigenvalue weighted by atomic mass is 10.0. The zero-order valence-corrected chi connectivity index (χ0v) is 14.3. The van der Waals surface area contributed by atoms with Crippen molar-refractivity contribution >= 4 is 10.0 Å². The van der Waals surface area contributed by atoms with Crippen molar-refractivity contribution in [1.82, 2.24) is 14.5 Å². The highest BCUT2D eigenvalue weighted by Crippen LogP contribution is 2.22. The molecule has 1 aromatic carbocycles. The van der Waals surface area contributed by atoms with Gasteiger partial charge in [-0.15, -0.1) is 0 Å². The van der Waals surface area contributed by atoms with Gasteiger partial charge in [0.2, 0.25) is 10.0 Å². The highest BCUT2D eigenvalue weighted by atomic mass is 32.2. The molecule has 0 aliphatic rings. The average Bonchev–Trinajstić information content (AvgIpc) is 2.87. The Balaban J connectivity index is 2.29. The van der Waals surface area contributed by atoms with Gasteiger partial charge in [0.15, 0.2) is 0 Å². The molecule has 120 valence electrons. The highest BCUT2D eigenvalue weighted by molar-refractivity contribution is 7.89. The molecular formula is C16H23N3O2S. The van der Waals surface area contributed by atoms with Gasteiger partial charge >= 0.3 is 0 Å².